The zero-order valence-electron chi connectivity index (χ0n) is 20.0. The molecule has 10 nitrogen and oxygen atoms in total. The van der Waals surface area contributed by atoms with Crippen LogP contribution >= 0.6 is 0 Å². The molecule has 38 heavy (non-hydrogen) atoms. The summed E-state index contributed by atoms with van der Waals surface area (Å²) in [5, 5.41) is 21.8. The predicted molar refractivity (Wildman–Crippen MR) is 145 cm³/mol. The number of nitrogens with zero attached hydrogens (tertiary/aromatic N) is 4. The molecule has 0 bridgehead atoms. The first-order valence-corrected chi connectivity index (χ1v) is 11.6. The van der Waals surface area contributed by atoms with E-state index in [2.05, 4.69) is 41.4 Å². The molecule has 186 valence electrons. The first-order valence-electron chi connectivity index (χ1n) is 11.6. The fraction of sp³-hybridized carbons (Fsp3) is 0. The number of aromatic amines is 2. The van der Waals surface area contributed by atoms with Gasteiger partial charge in [0.05, 0.1) is 23.8 Å². The van der Waals surface area contributed by atoms with Crippen LogP contribution < -0.4 is 10.9 Å². The van der Waals surface area contributed by atoms with E-state index >= 15 is 0 Å². The van der Waals surface area contributed by atoms with Crippen LogP contribution in [0.2, 0.25) is 0 Å². The maximum Gasteiger partial charge on any atom is 0.289 e. The van der Waals surface area contributed by atoms with Gasteiger partial charge in [-0.05, 0) is 29.3 Å². The van der Waals surface area contributed by atoms with Gasteiger partial charge in [0.1, 0.15) is 11.4 Å². The predicted octanol–water partition coefficient (Wildman–Crippen LogP) is 3.99. The van der Waals surface area contributed by atoms with Gasteiger partial charge in [0.2, 0.25) is 0 Å². The van der Waals surface area contributed by atoms with Crippen LogP contribution in [-0.4, -0.2) is 44.6 Å². The number of amides is 2. The molecule has 10 heteroatoms. The lowest BCUT2D eigenvalue weighted by atomic mass is 10.1. The zero-order valence-corrected chi connectivity index (χ0v) is 20.0. The quantitative estimate of drug-likeness (QED) is 0.188. The Bertz CT molecular complexity index is 1490. The topological polar surface area (TPSA) is 140 Å². The molecule has 4 N–H and O–H groups in total. The van der Waals surface area contributed by atoms with Crippen LogP contribution in [0.5, 0.6) is 0 Å². The second-order valence-corrected chi connectivity index (χ2v) is 8.13. The summed E-state index contributed by atoms with van der Waals surface area (Å²) < 4.78 is 0. The third-order valence-corrected chi connectivity index (χ3v) is 5.45. The SMILES string of the molecule is O=C(N/N=C/c1cccc(/C=N/NC(=O)c2cc(-c3ccccc3)n[nH]2)c1)c1cc(-c2ccccc2)n[nH]1. The lowest BCUT2D eigenvalue weighted by Gasteiger charge is -1.99. The summed E-state index contributed by atoms with van der Waals surface area (Å²) in [5.41, 5.74) is 10.2. The van der Waals surface area contributed by atoms with Crippen molar-refractivity contribution in [3.05, 3.63) is 120 Å². The molecule has 2 amide bonds. The molecular formula is C28H22N8O2. The highest BCUT2D eigenvalue weighted by Crippen LogP contribution is 2.17. The molecule has 5 rings (SSSR count). The summed E-state index contributed by atoms with van der Waals surface area (Å²) in [6, 6.07) is 29.7. The highest BCUT2D eigenvalue weighted by atomic mass is 16.2. The number of H-pyrrole nitrogens is 2. The number of rotatable bonds is 8. The fourth-order valence-electron chi connectivity index (χ4n) is 3.56. The number of nitrogens with one attached hydrogen (secondary N) is 4. The van der Waals surface area contributed by atoms with Crippen molar-refractivity contribution in [2.45, 2.75) is 0 Å². The second-order valence-electron chi connectivity index (χ2n) is 8.13. The number of hydrogen-bond donors (Lipinski definition) is 4. The monoisotopic (exact) mass is 502 g/mol. The van der Waals surface area contributed by atoms with Crippen molar-refractivity contribution in [1.82, 2.24) is 31.2 Å². The maximum absolute atomic E-state index is 12.4. The van der Waals surface area contributed by atoms with E-state index in [1.165, 1.54) is 12.4 Å². The van der Waals surface area contributed by atoms with Crippen LogP contribution in [0.4, 0.5) is 0 Å². The van der Waals surface area contributed by atoms with Crippen LogP contribution in [-0.2, 0) is 0 Å². The van der Waals surface area contributed by atoms with Gasteiger partial charge in [-0.1, -0.05) is 78.9 Å². The molecule has 0 fully saturated rings. The standard InChI is InChI=1S/C28H22N8O2/c37-27(25-15-23(31-33-25)21-10-3-1-4-11-21)35-29-17-19-8-7-9-20(14-19)18-30-36-28(38)26-16-24(32-34-26)22-12-5-2-6-13-22/h1-18H,(H,31,33)(H,32,34)(H,35,37)(H,36,38)/b29-17+,30-18+. The number of benzene rings is 3. The van der Waals surface area contributed by atoms with Gasteiger partial charge in [-0.15, -0.1) is 0 Å². The van der Waals surface area contributed by atoms with E-state index in [1.807, 2.05) is 78.9 Å². The third kappa shape index (κ3) is 5.94. The smallest absolute Gasteiger partial charge is 0.272 e. The summed E-state index contributed by atoms with van der Waals surface area (Å²) in [6.45, 7) is 0. The van der Waals surface area contributed by atoms with Crippen molar-refractivity contribution >= 4 is 24.2 Å². The van der Waals surface area contributed by atoms with Crippen molar-refractivity contribution in [3.63, 3.8) is 0 Å². The van der Waals surface area contributed by atoms with Crippen LogP contribution in [0.3, 0.4) is 0 Å². The Morgan fingerprint density at radius 2 is 1.05 bits per heavy atom. The van der Waals surface area contributed by atoms with Crippen molar-refractivity contribution in [3.8, 4) is 22.5 Å². The summed E-state index contributed by atoms with van der Waals surface area (Å²) >= 11 is 0. The highest BCUT2D eigenvalue weighted by molar-refractivity contribution is 5.95. The van der Waals surface area contributed by atoms with Crippen LogP contribution in [0.15, 0.2) is 107 Å². The minimum atomic E-state index is -0.411. The molecule has 2 heterocycles. The molecule has 0 aliphatic heterocycles. The second kappa shape index (κ2) is 11.4. The minimum absolute atomic E-state index is 0.297. The Morgan fingerprint density at radius 3 is 1.50 bits per heavy atom. The minimum Gasteiger partial charge on any atom is -0.272 e. The lowest BCUT2D eigenvalue weighted by molar-refractivity contribution is 0.0942. The average molecular weight is 503 g/mol. The molecule has 5 aromatic rings. The van der Waals surface area contributed by atoms with Crippen molar-refractivity contribution in [2.75, 3.05) is 0 Å². The first kappa shape index (κ1) is 24.1. The van der Waals surface area contributed by atoms with E-state index in [1.54, 1.807) is 18.2 Å². The molecular weight excluding hydrogens is 480 g/mol. The number of carbonyl (C=O) groups is 2. The summed E-state index contributed by atoms with van der Waals surface area (Å²) in [7, 11) is 0. The van der Waals surface area contributed by atoms with Crippen LogP contribution in [0, 0.1) is 0 Å². The maximum atomic E-state index is 12.4. The van der Waals surface area contributed by atoms with E-state index in [4.69, 9.17) is 0 Å². The molecule has 0 atom stereocenters. The van der Waals surface area contributed by atoms with Gasteiger partial charge in [-0.2, -0.15) is 20.4 Å². The Hall–Kier alpha value is -5.64. The van der Waals surface area contributed by atoms with Gasteiger partial charge in [0.15, 0.2) is 0 Å². The van der Waals surface area contributed by atoms with Crippen LogP contribution in [0.25, 0.3) is 22.5 Å². The molecule has 0 saturated heterocycles. The van der Waals surface area contributed by atoms with E-state index < -0.39 is 11.8 Å². The summed E-state index contributed by atoms with van der Waals surface area (Å²) in [5.74, 6) is -0.823. The normalized spacial score (nSPS) is 11.2. The van der Waals surface area contributed by atoms with Gasteiger partial charge in [0, 0.05) is 11.1 Å². The average Bonchev–Trinajstić information content (AvgIpc) is 3.65. The molecule has 0 aliphatic rings. The summed E-state index contributed by atoms with van der Waals surface area (Å²) in [4.78, 5) is 24.8. The van der Waals surface area contributed by atoms with Gasteiger partial charge >= 0.3 is 0 Å². The molecule has 2 aromatic heterocycles. The van der Waals surface area contributed by atoms with Gasteiger partial charge in [-0.3, -0.25) is 19.8 Å². The van der Waals surface area contributed by atoms with Crippen molar-refractivity contribution < 1.29 is 9.59 Å². The van der Waals surface area contributed by atoms with E-state index in [-0.39, 0.29) is 0 Å². The van der Waals surface area contributed by atoms with Gasteiger partial charge in [0.25, 0.3) is 11.8 Å². The molecule has 3 aromatic carbocycles. The van der Waals surface area contributed by atoms with Crippen molar-refractivity contribution in [2.24, 2.45) is 10.2 Å². The van der Waals surface area contributed by atoms with Gasteiger partial charge in [-0.25, -0.2) is 10.9 Å². The fourth-order valence-corrected chi connectivity index (χ4v) is 3.56. The first-order chi connectivity index (χ1) is 18.7. The zero-order chi connectivity index (χ0) is 26.2. The molecule has 0 radical (unpaired) electrons. The largest absolute Gasteiger partial charge is 0.289 e. The third-order valence-electron chi connectivity index (χ3n) is 5.45. The number of carbonyl (C=O) groups excluding carboxylic acids is 2. The van der Waals surface area contributed by atoms with E-state index in [0.29, 0.717) is 22.8 Å². The molecule has 0 unspecified atom stereocenters. The Balaban J connectivity index is 1.15. The van der Waals surface area contributed by atoms with Gasteiger partial charge < -0.3 is 0 Å². The Kier molecular flexibility index (Phi) is 7.22. The lowest BCUT2D eigenvalue weighted by Crippen LogP contribution is -2.18. The highest BCUT2D eigenvalue weighted by Gasteiger charge is 2.11. The number of hydrogen-bond acceptors (Lipinski definition) is 6. The molecule has 0 spiro atoms. The van der Waals surface area contributed by atoms with Crippen molar-refractivity contribution in [1.29, 1.82) is 0 Å². The summed E-state index contributed by atoms with van der Waals surface area (Å²) in [6.07, 6.45) is 3.02. The van der Waals surface area contributed by atoms with Crippen LogP contribution in [0.1, 0.15) is 32.1 Å². The van der Waals surface area contributed by atoms with E-state index in [9.17, 15) is 9.59 Å². The molecule has 0 aliphatic carbocycles. The number of aromatic nitrogens is 4. The Labute approximate surface area is 217 Å². The molecule has 0 saturated carbocycles. The number of hydrazone groups is 2. The Morgan fingerprint density at radius 1 is 0.605 bits per heavy atom. The van der Waals surface area contributed by atoms with E-state index in [0.717, 1.165) is 22.3 Å².